The molecule has 4 rings (SSSR count). The molecule has 0 aliphatic rings. The van der Waals surface area contributed by atoms with E-state index < -0.39 is 0 Å². The van der Waals surface area contributed by atoms with Gasteiger partial charge in [0.2, 0.25) is 5.91 Å². The molecular weight excluding hydrogens is 360 g/mol. The van der Waals surface area contributed by atoms with E-state index in [1.165, 1.54) is 10.7 Å². The molecule has 6 nitrogen and oxygen atoms in total. The van der Waals surface area contributed by atoms with E-state index in [2.05, 4.69) is 10.4 Å². The Bertz CT molecular complexity index is 1130. The molecule has 1 amide bonds. The van der Waals surface area contributed by atoms with E-state index in [0.717, 1.165) is 21.5 Å². The van der Waals surface area contributed by atoms with E-state index in [-0.39, 0.29) is 18.0 Å². The van der Waals surface area contributed by atoms with E-state index >= 15 is 0 Å². The fourth-order valence-electron chi connectivity index (χ4n) is 2.96. The second-order valence-electron chi connectivity index (χ2n) is 6.11. The van der Waals surface area contributed by atoms with Crippen LogP contribution in [0.15, 0.2) is 71.0 Å². The van der Waals surface area contributed by atoms with Gasteiger partial charge in [-0.05, 0) is 35.0 Å². The number of fused-ring (bicyclic) bond motifs is 1. The number of carbonyl (C=O) groups is 1. The van der Waals surface area contributed by atoms with Crippen LogP contribution in [0.25, 0.3) is 21.5 Å². The third-order valence-corrected chi connectivity index (χ3v) is 5.17. The second-order valence-corrected chi connectivity index (χ2v) is 7.06. The normalized spacial score (nSPS) is 11.0. The van der Waals surface area contributed by atoms with Gasteiger partial charge in [-0.1, -0.05) is 24.3 Å². The van der Waals surface area contributed by atoms with Gasteiger partial charge in [-0.15, -0.1) is 11.3 Å². The van der Waals surface area contributed by atoms with Crippen LogP contribution < -0.4 is 10.9 Å². The highest BCUT2D eigenvalue weighted by molar-refractivity contribution is 7.13. The lowest BCUT2D eigenvalue weighted by Gasteiger charge is -2.09. The quantitative estimate of drug-likeness (QED) is 0.561. The van der Waals surface area contributed by atoms with Crippen molar-refractivity contribution in [1.82, 2.24) is 19.7 Å². The van der Waals surface area contributed by atoms with E-state index in [0.29, 0.717) is 13.1 Å². The molecule has 0 aliphatic heterocycles. The third kappa shape index (κ3) is 3.83. The van der Waals surface area contributed by atoms with Crippen LogP contribution >= 0.6 is 11.3 Å². The summed E-state index contributed by atoms with van der Waals surface area (Å²) < 4.78 is 3.30. The Kier molecular flexibility index (Phi) is 4.84. The van der Waals surface area contributed by atoms with Crippen molar-refractivity contribution in [2.75, 3.05) is 6.54 Å². The number of hydrogen-bond acceptors (Lipinski definition) is 4. The number of para-hydroxylation sites is 1. The Morgan fingerprint density at radius 3 is 2.81 bits per heavy atom. The molecule has 0 unspecified atom stereocenters. The van der Waals surface area contributed by atoms with Gasteiger partial charge in [-0.25, -0.2) is 4.68 Å². The molecule has 1 N–H and O–H groups in total. The van der Waals surface area contributed by atoms with Gasteiger partial charge in [-0.3, -0.25) is 9.59 Å². The minimum Gasteiger partial charge on any atom is -0.353 e. The predicted molar refractivity (Wildman–Crippen MR) is 107 cm³/mol. The summed E-state index contributed by atoms with van der Waals surface area (Å²) in [6.45, 7) is 0.917. The van der Waals surface area contributed by atoms with Crippen molar-refractivity contribution in [2.45, 2.75) is 13.1 Å². The molecule has 0 radical (unpaired) electrons. The fraction of sp³-hybridized carbons (Fsp3) is 0.150. The van der Waals surface area contributed by atoms with Gasteiger partial charge >= 0.3 is 0 Å². The Hall–Kier alpha value is -3.19. The Balaban J connectivity index is 1.37. The van der Waals surface area contributed by atoms with Crippen molar-refractivity contribution >= 4 is 28.1 Å². The molecule has 136 valence electrons. The minimum atomic E-state index is -0.180. The summed E-state index contributed by atoms with van der Waals surface area (Å²) in [4.78, 5) is 25.3. The topological polar surface area (TPSA) is 68.9 Å². The molecule has 0 atom stereocenters. The van der Waals surface area contributed by atoms with Crippen LogP contribution in [0, 0.1) is 0 Å². The third-order valence-electron chi connectivity index (χ3n) is 4.28. The number of rotatable bonds is 6. The summed E-state index contributed by atoms with van der Waals surface area (Å²) >= 11 is 1.57. The van der Waals surface area contributed by atoms with Gasteiger partial charge in [0.1, 0.15) is 12.2 Å². The lowest BCUT2D eigenvalue weighted by Crippen LogP contribution is -2.33. The Morgan fingerprint density at radius 1 is 1.07 bits per heavy atom. The zero-order valence-corrected chi connectivity index (χ0v) is 15.4. The summed E-state index contributed by atoms with van der Waals surface area (Å²) in [5, 5.41) is 10.3. The van der Waals surface area contributed by atoms with Crippen molar-refractivity contribution in [2.24, 2.45) is 0 Å². The molecule has 0 bridgehead atoms. The van der Waals surface area contributed by atoms with Gasteiger partial charge in [0.25, 0.3) is 5.56 Å². The Labute approximate surface area is 159 Å². The molecule has 1 aromatic carbocycles. The Morgan fingerprint density at radius 2 is 1.96 bits per heavy atom. The predicted octanol–water partition coefficient (Wildman–Crippen LogP) is 2.74. The van der Waals surface area contributed by atoms with Crippen molar-refractivity contribution < 1.29 is 4.79 Å². The standard InChI is InChI=1S/C20H18N4O2S/c25-19(14-23-11-9-15-4-1-2-5-17(15)23)21-10-12-24-20(26)8-7-16(22-24)18-6-3-13-27-18/h1-9,11,13H,10,12,14H2,(H,21,25). The maximum Gasteiger partial charge on any atom is 0.266 e. The molecule has 0 saturated carbocycles. The van der Waals surface area contributed by atoms with Gasteiger partial charge in [-0.2, -0.15) is 5.10 Å². The van der Waals surface area contributed by atoms with Crippen LogP contribution in [0.1, 0.15) is 0 Å². The molecular formula is C20H18N4O2S. The van der Waals surface area contributed by atoms with E-state index in [1.54, 1.807) is 17.4 Å². The summed E-state index contributed by atoms with van der Waals surface area (Å²) in [5.41, 5.74) is 1.60. The average Bonchev–Trinajstić information content (AvgIpc) is 3.34. The monoisotopic (exact) mass is 378 g/mol. The zero-order valence-electron chi connectivity index (χ0n) is 14.5. The number of aromatic nitrogens is 3. The summed E-state index contributed by atoms with van der Waals surface area (Å²) in [5.74, 6) is -0.0983. The van der Waals surface area contributed by atoms with Gasteiger partial charge in [0.15, 0.2) is 0 Å². The molecule has 0 fully saturated rings. The van der Waals surface area contributed by atoms with Crippen LogP contribution in [-0.2, 0) is 17.9 Å². The lowest BCUT2D eigenvalue weighted by molar-refractivity contribution is -0.121. The number of nitrogens with zero attached hydrogens (tertiary/aromatic N) is 3. The average molecular weight is 378 g/mol. The molecule has 7 heteroatoms. The van der Waals surface area contributed by atoms with Crippen molar-refractivity contribution in [3.63, 3.8) is 0 Å². The second kappa shape index (κ2) is 7.59. The fourth-order valence-corrected chi connectivity index (χ4v) is 3.65. The van der Waals surface area contributed by atoms with E-state index in [4.69, 9.17) is 0 Å². The number of thiophene rings is 1. The minimum absolute atomic E-state index is 0.0983. The molecule has 3 aromatic heterocycles. The SMILES string of the molecule is O=C(Cn1ccc2ccccc21)NCCn1nc(-c2cccs2)ccc1=O. The van der Waals surface area contributed by atoms with Crippen molar-refractivity contribution in [1.29, 1.82) is 0 Å². The van der Waals surface area contributed by atoms with Crippen molar-refractivity contribution in [3.8, 4) is 10.6 Å². The van der Waals surface area contributed by atoms with Crippen LogP contribution in [0.2, 0.25) is 0 Å². The van der Waals surface area contributed by atoms with Gasteiger partial charge in [0, 0.05) is 24.3 Å². The first-order valence-electron chi connectivity index (χ1n) is 8.63. The molecule has 27 heavy (non-hydrogen) atoms. The van der Waals surface area contributed by atoms with Gasteiger partial charge in [0.05, 0.1) is 11.4 Å². The number of benzene rings is 1. The highest BCUT2D eigenvalue weighted by atomic mass is 32.1. The number of nitrogens with one attached hydrogen (secondary N) is 1. The largest absolute Gasteiger partial charge is 0.353 e. The van der Waals surface area contributed by atoms with E-state index in [9.17, 15) is 9.59 Å². The molecule has 3 heterocycles. The summed E-state index contributed by atoms with van der Waals surface area (Å²) in [6.07, 6.45) is 1.90. The number of carbonyl (C=O) groups excluding carboxylic acids is 1. The maximum atomic E-state index is 12.2. The lowest BCUT2D eigenvalue weighted by atomic mass is 10.2. The summed E-state index contributed by atoms with van der Waals surface area (Å²) in [6, 6.07) is 17.1. The first-order valence-corrected chi connectivity index (χ1v) is 9.51. The highest BCUT2D eigenvalue weighted by Crippen LogP contribution is 2.21. The first-order chi connectivity index (χ1) is 13.2. The highest BCUT2D eigenvalue weighted by Gasteiger charge is 2.07. The number of amides is 1. The van der Waals surface area contributed by atoms with E-state index in [1.807, 2.05) is 58.6 Å². The van der Waals surface area contributed by atoms with Crippen LogP contribution in [0.3, 0.4) is 0 Å². The van der Waals surface area contributed by atoms with Crippen LogP contribution in [0.4, 0.5) is 0 Å². The van der Waals surface area contributed by atoms with Crippen molar-refractivity contribution in [3.05, 3.63) is 76.5 Å². The van der Waals surface area contributed by atoms with Gasteiger partial charge < -0.3 is 9.88 Å². The maximum absolute atomic E-state index is 12.2. The molecule has 4 aromatic rings. The summed E-state index contributed by atoms with van der Waals surface area (Å²) in [7, 11) is 0. The van der Waals surface area contributed by atoms with Crippen LogP contribution in [-0.4, -0.2) is 26.8 Å². The molecule has 0 spiro atoms. The smallest absolute Gasteiger partial charge is 0.266 e. The molecule has 0 saturated heterocycles. The zero-order chi connectivity index (χ0) is 18.6. The first kappa shape index (κ1) is 17.2. The molecule has 0 aliphatic carbocycles. The van der Waals surface area contributed by atoms with Crippen LogP contribution in [0.5, 0.6) is 0 Å². The number of hydrogen-bond donors (Lipinski definition) is 1.